The topological polar surface area (TPSA) is 52.9 Å². The van der Waals surface area contributed by atoms with Crippen molar-refractivity contribution in [3.63, 3.8) is 0 Å². The molecule has 21 heavy (non-hydrogen) atoms. The quantitative estimate of drug-likeness (QED) is 0.822. The highest BCUT2D eigenvalue weighted by molar-refractivity contribution is 5.33. The number of nitrogens with zero attached hydrogens (tertiary/aromatic N) is 1. The third-order valence-corrected chi connectivity index (χ3v) is 3.38. The van der Waals surface area contributed by atoms with Gasteiger partial charge in [-0.25, -0.2) is 0 Å². The Morgan fingerprint density at radius 3 is 1.76 bits per heavy atom. The van der Waals surface area contributed by atoms with Gasteiger partial charge in [0.1, 0.15) is 11.5 Å². The molecule has 0 spiro atoms. The molecule has 2 rings (SSSR count). The second kappa shape index (κ2) is 7.67. The van der Waals surface area contributed by atoms with Gasteiger partial charge in [-0.2, -0.15) is 0 Å². The molecule has 2 aromatic carbocycles. The summed E-state index contributed by atoms with van der Waals surface area (Å²) in [6.07, 6.45) is 0. The van der Waals surface area contributed by atoms with Crippen LogP contribution in [0.4, 0.5) is 0 Å². The van der Waals surface area contributed by atoms with Crippen LogP contribution in [0, 0.1) is 0 Å². The van der Waals surface area contributed by atoms with Gasteiger partial charge in [0.05, 0.1) is 6.61 Å². The molecule has 2 aromatic rings. The fraction of sp³-hybridized carbons (Fsp3) is 0.294. The van der Waals surface area contributed by atoms with Gasteiger partial charge >= 0.3 is 0 Å². The molecule has 2 N–H and O–H groups in total. The summed E-state index contributed by atoms with van der Waals surface area (Å²) < 4.78 is 5.14. The molecule has 0 fully saturated rings. The smallest absolute Gasteiger partial charge is 0.120 e. The van der Waals surface area contributed by atoms with Gasteiger partial charge in [-0.05, 0) is 12.1 Å². The van der Waals surface area contributed by atoms with E-state index in [0.29, 0.717) is 19.7 Å². The minimum atomic E-state index is 0.289. The molecule has 0 aromatic heterocycles. The Hall–Kier alpha value is -2.04. The first-order valence-corrected chi connectivity index (χ1v) is 6.95. The maximum atomic E-state index is 9.90. The summed E-state index contributed by atoms with van der Waals surface area (Å²) in [5, 5.41) is 19.8. The number of ether oxygens (including phenoxy) is 1. The average molecular weight is 287 g/mol. The Balaban J connectivity index is 2.11. The lowest BCUT2D eigenvalue weighted by Gasteiger charge is -2.23. The monoisotopic (exact) mass is 287 g/mol. The molecule has 0 atom stereocenters. The highest BCUT2D eigenvalue weighted by Crippen LogP contribution is 2.22. The van der Waals surface area contributed by atoms with E-state index in [1.807, 2.05) is 24.3 Å². The number of hydrogen-bond acceptors (Lipinski definition) is 4. The van der Waals surface area contributed by atoms with Crippen LogP contribution in [0.3, 0.4) is 0 Å². The van der Waals surface area contributed by atoms with E-state index in [4.69, 9.17) is 4.74 Å². The van der Waals surface area contributed by atoms with Crippen molar-refractivity contribution in [2.45, 2.75) is 13.1 Å². The van der Waals surface area contributed by atoms with E-state index >= 15 is 0 Å². The normalized spacial score (nSPS) is 11.0. The van der Waals surface area contributed by atoms with Crippen molar-refractivity contribution >= 4 is 0 Å². The second-order valence-electron chi connectivity index (χ2n) is 4.96. The van der Waals surface area contributed by atoms with Gasteiger partial charge in [-0.3, -0.25) is 4.90 Å². The summed E-state index contributed by atoms with van der Waals surface area (Å²) in [4.78, 5) is 2.13. The Bertz CT molecular complexity index is 524. The predicted molar refractivity (Wildman–Crippen MR) is 82.2 cm³/mol. The summed E-state index contributed by atoms with van der Waals surface area (Å²) in [5.41, 5.74) is 1.73. The lowest BCUT2D eigenvalue weighted by molar-refractivity contribution is 0.139. The number of hydrogen-bond donors (Lipinski definition) is 2. The summed E-state index contributed by atoms with van der Waals surface area (Å²) in [6.45, 7) is 2.52. The Labute approximate surface area is 125 Å². The van der Waals surface area contributed by atoms with E-state index in [-0.39, 0.29) is 11.5 Å². The van der Waals surface area contributed by atoms with Gasteiger partial charge in [-0.15, -0.1) is 0 Å². The van der Waals surface area contributed by atoms with Crippen molar-refractivity contribution in [3.05, 3.63) is 59.7 Å². The first-order chi connectivity index (χ1) is 10.2. The fourth-order valence-corrected chi connectivity index (χ4v) is 2.21. The largest absolute Gasteiger partial charge is 0.508 e. The van der Waals surface area contributed by atoms with Gasteiger partial charge in [-0.1, -0.05) is 36.4 Å². The van der Waals surface area contributed by atoms with E-state index in [9.17, 15) is 10.2 Å². The number of methoxy groups -OCH3 is 1. The van der Waals surface area contributed by atoms with Crippen LogP contribution >= 0.6 is 0 Å². The second-order valence-corrected chi connectivity index (χ2v) is 4.96. The number of aromatic hydroxyl groups is 2. The lowest BCUT2D eigenvalue weighted by atomic mass is 10.1. The molecule has 0 amide bonds. The molecule has 0 aliphatic carbocycles. The predicted octanol–water partition coefficient (Wildman–Crippen LogP) is 2.75. The standard InChI is InChI=1S/C17H21NO3/c1-21-11-10-18(12-14-6-2-4-8-16(14)19)13-15-7-3-5-9-17(15)20/h2-9,19-20H,10-13H2,1H3. The summed E-state index contributed by atoms with van der Waals surface area (Å²) in [6, 6.07) is 14.6. The average Bonchev–Trinajstić information content (AvgIpc) is 2.49. The number of para-hydroxylation sites is 2. The molecule has 4 heteroatoms. The molecule has 0 heterocycles. The molecular formula is C17H21NO3. The Kier molecular flexibility index (Phi) is 5.60. The zero-order valence-electron chi connectivity index (χ0n) is 12.2. The summed E-state index contributed by atoms with van der Waals surface area (Å²) in [7, 11) is 1.66. The third-order valence-electron chi connectivity index (χ3n) is 3.38. The zero-order chi connectivity index (χ0) is 15.1. The van der Waals surface area contributed by atoms with E-state index < -0.39 is 0 Å². The van der Waals surface area contributed by atoms with Crippen LogP contribution in [0.15, 0.2) is 48.5 Å². The third kappa shape index (κ3) is 4.48. The van der Waals surface area contributed by atoms with Gasteiger partial charge < -0.3 is 14.9 Å². The minimum Gasteiger partial charge on any atom is -0.508 e. The Morgan fingerprint density at radius 2 is 1.33 bits per heavy atom. The SMILES string of the molecule is COCCN(Cc1ccccc1O)Cc1ccccc1O. The molecule has 0 radical (unpaired) electrons. The van der Waals surface area contributed by atoms with Crippen LogP contribution in [0.1, 0.15) is 11.1 Å². The lowest BCUT2D eigenvalue weighted by Crippen LogP contribution is -2.26. The molecule has 0 unspecified atom stereocenters. The van der Waals surface area contributed by atoms with Crippen LogP contribution in [0.2, 0.25) is 0 Å². The number of benzene rings is 2. The zero-order valence-corrected chi connectivity index (χ0v) is 12.2. The molecule has 0 saturated carbocycles. The van der Waals surface area contributed by atoms with Crippen molar-refractivity contribution in [2.75, 3.05) is 20.3 Å². The van der Waals surface area contributed by atoms with Gasteiger partial charge in [0, 0.05) is 37.9 Å². The van der Waals surface area contributed by atoms with Crippen LogP contribution in [-0.2, 0) is 17.8 Å². The van der Waals surface area contributed by atoms with Crippen molar-refractivity contribution in [1.29, 1.82) is 0 Å². The van der Waals surface area contributed by atoms with Crippen LogP contribution in [0.25, 0.3) is 0 Å². The summed E-state index contributed by atoms with van der Waals surface area (Å²) >= 11 is 0. The molecular weight excluding hydrogens is 266 g/mol. The highest BCUT2D eigenvalue weighted by Gasteiger charge is 2.11. The molecule has 0 aliphatic heterocycles. The van der Waals surface area contributed by atoms with E-state index in [1.54, 1.807) is 31.4 Å². The minimum absolute atomic E-state index is 0.289. The number of rotatable bonds is 7. The van der Waals surface area contributed by atoms with Crippen molar-refractivity contribution in [2.24, 2.45) is 0 Å². The maximum absolute atomic E-state index is 9.90. The first kappa shape index (κ1) is 15.4. The van der Waals surface area contributed by atoms with Gasteiger partial charge in [0.25, 0.3) is 0 Å². The van der Waals surface area contributed by atoms with E-state index in [0.717, 1.165) is 17.7 Å². The fourth-order valence-electron chi connectivity index (χ4n) is 2.21. The van der Waals surface area contributed by atoms with Crippen molar-refractivity contribution < 1.29 is 14.9 Å². The molecule has 0 saturated heterocycles. The first-order valence-electron chi connectivity index (χ1n) is 6.95. The van der Waals surface area contributed by atoms with Crippen molar-refractivity contribution in [1.82, 2.24) is 4.90 Å². The van der Waals surface area contributed by atoms with Crippen molar-refractivity contribution in [3.8, 4) is 11.5 Å². The highest BCUT2D eigenvalue weighted by atomic mass is 16.5. The molecule has 0 bridgehead atoms. The van der Waals surface area contributed by atoms with E-state index in [1.165, 1.54) is 0 Å². The van der Waals surface area contributed by atoms with Gasteiger partial charge in [0.2, 0.25) is 0 Å². The Morgan fingerprint density at radius 1 is 0.857 bits per heavy atom. The molecule has 112 valence electrons. The van der Waals surface area contributed by atoms with Gasteiger partial charge in [0.15, 0.2) is 0 Å². The number of phenols is 2. The van der Waals surface area contributed by atoms with Crippen LogP contribution < -0.4 is 0 Å². The molecule has 4 nitrogen and oxygen atoms in total. The summed E-state index contributed by atoms with van der Waals surface area (Å²) in [5.74, 6) is 0.578. The molecule has 0 aliphatic rings. The van der Waals surface area contributed by atoms with Crippen LogP contribution in [-0.4, -0.2) is 35.4 Å². The van der Waals surface area contributed by atoms with Crippen LogP contribution in [0.5, 0.6) is 11.5 Å². The van der Waals surface area contributed by atoms with E-state index in [2.05, 4.69) is 4.90 Å². The number of phenolic OH excluding ortho intramolecular Hbond substituents is 2. The maximum Gasteiger partial charge on any atom is 0.120 e.